The number of rotatable bonds is 0. The first-order valence-electron chi connectivity index (χ1n) is 3.70. The highest BCUT2D eigenvalue weighted by atomic mass is 127. The molecular weight excluding hydrogens is 281 g/mol. The van der Waals surface area contributed by atoms with Crippen LogP contribution >= 0.6 is 33.9 Å². The summed E-state index contributed by atoms with van der Waals surface area (Å²) in [7, 11) is 0. The Balaban J connectivity index is 2.88. The molecule has 0 radical (unpaired) electrons. The van der Waals surface area contributed by atoms with E-state index in [1.165, 1.54) is 13.8 Å². The van der Waals surface area contributed by atoms with Crippen molar-refractivity contribution in [2.24, 2.45) is 0 Å². The minimum Gasteiger partial charge on any atom is -0.240 e. The van der Waals surface area contributed by atoms with Gasteiger partial charge in [0.1, 0.15) is 0 Å². The molecule has 12 heavy (non-hydrogen) atoms. The van der Waals surface area contributed by atoms with Gasteiger partial charge in [-0.1, -0.05) is 0 Å². The Kier molecular flexibility index (Phi) is 2.08. The first kappa shape index (κ1) is 8.44. The van der Waals surface area contributed by atoms with Crippen LogP contribution in [0.3, 0.4) is 0 Å². The van der Waals surface area contributed by atoms with Crippen LogP contribution in [0.25, 0.3) is 10.2 Å². The summed E-state index contributed by atoms with van der Waals surface area (Å²) in [4.78, 5) is 4.46. The minimum atomic E-state index is 1.15. The third-order valence-corrected chi connectivity index (χ3v) is 3.44. The Labute approximate surface area is 89.0 Å². The zero-order valence-corrected chi connectivity index (χ0v) is 9.86. The smallest absolute Gasteiger partial charge is 0.0948 e. The summed E-state index contributed by atoms with van der Waals surface area (Å²) >= 11 is 4.11. The van der Waals surface area contributed by atoms with Gasteiger partial charge in [0.2, 0.25) is 0 Å². The fourth-order valence-electron chi connectivity index (χ4n) is 1.23. The second kappa shape index (κ2) is 2.96. The lowest BCUT2D eigenvalue weighted by atomic mass is 10.2. The summed E-state index contributed by atoms with van der Waals surface area (Å²) in [5, 5.41) is 1.15. The van der Waals surface area contributed by atoms with Crippen LogP contribution in [-0.2, 0) is 0 Å². The van der Waals surface area contributed by atoms with Gasteiger partial charge in [0, 0.05) is 3.57 Å². The molecule has 2 aromatic rings. The van der Waals surface area contributed by atoms with Crippen LogP contribution in [0.2, 0.25) is 0 Å². The number of hydrogen-bond acceptors (Lipinski definition) is 2. The fourth-order valence-corrected chi connectivity index (χ4v) is 3.27. The van der Waals surface area contributed by atoms with Crippen LogP contribution in [0.15, 0.2) is 12.1 Å². The molecule has 0 fully saturated rings. The van der Waals surface area contributed by atoms with Crippen molar-refractivity contribution in [3.63, 3.8) is 0 Å². The van der Waals surface area contributed by atoms with Crippen molar-refractivity contribution in [1.82, 2.24) is 4.98 Å². The molecule has 0 aliphatic rings. The second-order valence-electron chi connectivity index (χ2n) is 2.83. The maximum absolute atomic E-state index is 4.46. The van der Waals surface area contributed by atoms with Crippen molar-refractivity contribution < 1.29 is 0 Å². The summed E-state index contributed by atoms with van der Waals surface area (Å²) in [6, 6.07) is 4.37. The predicted molar refractivity (Wildman–Crippen MR) is 61.8 cm³/mol. The molecule has 1 heterocycles. The highest BCUT2D eigenvalue weighted by Gasteiger charge is 2.04. The molecule has 0 atom stereocenters. The van der Waals surface area contributed by atoms with E-state index in [1.807, 2.05) is 0 Å². The molecule has 3 heteroatoms. The number of halogens is 1. The molecule has 0 amide bonds. The molecule has 1 nitrogen and oxygen atoms in total. The topological polar surface area (TPSA) is 12.9 Å². The van der Waals surface area contributed by atoms with Gasteiger partial charge < -0.3 is 0 Å². The van der Waals surface area contributed by atoms with E-state index in [2.05, 4.69) is 53.6 Å². The summed E-state index contributed by atoms with van der Waals surface area (Å²) in [6.07, 6.45) is 0. The number of aryl methyl sites for hydroxylation is 2. The average molecular weight is 289 g/mol. The largest absolute Gasteiger partial charge is 0.240 e. The van der Waals surface area contributed by atoms with Gasteiger partial charge in [0.15, 0.2) is 0 Å². The molecule has 0 unspecified atom stereocenters. The van der Waals surface area contributed by atoms with Gasteiger partial charge in [-0.25, -0.2) is 4.98 Å². The van der Waals surface area contributed by atoms with Crippen LogP contribution in [0.1, 0.15) is 10.6 Å². The van der Waals surface area contributed by atoms with Crippen molar-refractivity contribution in [3.8, 4) is 0 Å². The zero-order valence-electron chi connectivity index (χ0n) is 6.89. The lowest BCUT2D eigenvalue weighted by Gasteiger charge is -1.94. The lowest BCUT2D eigenvalue weighted by molar-refractivity contribution is 1.33. The maximum atomic E-state index is 4.46. The Morgan fingerprint density at radius 2 is 2.08 bits per heavy atom. The molecule has 2 rings (SSSR count). The van der Waals surface area contributed by atoms with Gasteiger partial charge in [0.05, 0.1) is 15.2 Å². The molecule has 0 bridgehead atoms. The summed E-state index contributed by atoms with van der Waals surface area (Å²) in [6.45, 7) is 4.17. The molecule has 0 N–H and O–H groups in total. The Morgan fingerprint density at radius 3 is 2.83 bits per heavy atom. The third-order valence-electron chi connectivity index (χ3n) is 1.70. The number of benzene rings is 1. The standard InChI is InChI=1S/C9H8INS/c1-5-3-7(10)9-8(4-5)12-6(2)11-9/h3-4H,1-2H3. The van der Waals surface area contributed by atoms with Gasteiger partial charge in [0.25, 0.3) is 0 Å². The van der Waals surface area contributed by atoms with Crippen molar-refractivity contribution in [2.45, 2.75) is 13.8 Å². The van der Waals surface area contributed by atoms with Crippen LogP contribution in [-0.4, -0.2) is 4.98 Å². The summed E-state index contributed by atoms with van der Waals surface area (Å²) in [5.41, 5.74) is 2.47. The van der Waals surface area contributed by atoms with E-state index in [9.17, 15) is 0 Å². The Morgan fingerprint density at radius 1 is 1.33 bits per heavy atom. The maximum Gasteiger partial charge on any atom is 0.0948 e. The number of nitrogens with zero attached hydrogens (tertiary/aromatic N) is 1. The van der Waals surface area contributed by atoms with E-state index in [0.717, 1.165) is 10.5 Å². The summed E-state index contributed by atoms with van der Waals surface area (Å²) < 4.78 is 2.56. The van der Waals surface area contributed by atoms with E-state index in [1.54, 1.807) is 11.3 Å². The number of aromatic nitrogens is 1. The predicted octanol–water partition coefficient (Wildman–Crippen LogP) is 3.52. The first-order valence-corrected chi connectivity index (χ1v) is 5.59. The molecule has 0 saturated heterocycles. The van der Waals surface area contributed by atoms with Crippen molar-refractivity contribution in [2.75, 3.05) is 0 Å². The first-order chi connectivity index (χ1) is 5.66. The average Bonchev–Trinajstić information content (AvgIpc) is 2.29. The van der Waals surface area contributed by atoms with Gasteiger partial charge in [-0.3, -0.25) is 0 Å². The van der Waals surface area contributed by atoms with Crippen LogP contribution in [0, 0.1) is 17.4 Å². The Bertz CT molecular complexity index is 433. The molecule has 1 aromatic carbocycles. The lowest BCUT2D eigenvalue weighted by Crippen LogP contribution is -1.78. The van der Waals surface area contributed by atoms with E-state index in [-0.39, 0.29) is 0 Å². The highest BCUT2D eigenvalue weighted by Crippen LogP contribution is 2.26. The van der Waals surface area contributed by atoms with Crippen molar-refractivity contribution in [3.05, 3.63) is 26.3 Å². The van der Waals surface area contributed by atoms with Crippen LogP contribution < -0.4 is 0 Å². The molecule has 1 aromatic heterocycles. The molecule has 62 valence electrons. The Hall–Kier alpha value is -0.160. The van der Waals surface area contributed by atoms with Gasteiger partial charge >= 0.3 is 0 Å². The van der Waals surface area contributed by atoms with Crippen molar-refractivity contribution in [1.29, 1.82) is 0 Å². The van der Waals surface area contributed by atoms with Crippen LogP contribution in [0.4, 0.5) is 0 Å². The third kappa shape index (κ3) is 1.35. The van der Waals surface area contributed by atoms with Gasteiger partial charge in [-0.15, -0.1) is 11.3 Å². The van der Waals surface area contributed by atoms with E-state index in [4.69, 9.17) is 0 Å². The quantitative estimate of drug-likeness (QED) is 0.676. The van der Waals surface area contributed by atoms with E-state index in [0.29, 0.717) is 0 Å². The second-order valence-corrected chi connectivity index (χ2v) is 5.22. The van der Waals surface area contributed by atoms with E-state index >= 15 is 0 Å². The zero-order chi connectivity index (χ0) is 8.72. The van der Waals surface area contributed by atoms with Gasteiger partial charge in [-0.05, 0) is 54.1 Å². The molecule has 0 aliphatic carbocycles. The SMILES string of the molecule is Cc1cc(I)c2nc(C)sc2c1. The van der Waals surface area contributed by atoms with Gasteiger partial charge in [-0.2, -0.15) is 0 Å². The molecule has 0 saturated carbocycles. The van der Waals surface area contributed by atoms with Crippen molar-refractivity contribution >= 4 is 44.1 Å². The monoisotopic (exact) mass is 289 g/mol. The minimum absolute atomic E-state index is 1.15. The molecule has 0 spiro atoms. The molecular formula is C9H8INS. The van der Waals surface area contributed by atoms with E-state index < -0.39 is 0 Å². The summed E-state index contributed by atoms with van der Waals surface area (Å²) in [5.74, 6) is 0. The number of thiazole rings is 1. The molecule has 0 aliphatic heterocycles. The number of hydrogen-bond donors (Lipinski definition) is 0. The fraction of sp³-hybridized carbons (Fsp3) is 0.222. The normalized spacial score (nSPS) is 10.9. The van der Waals surface area contributed by atoms with Crippen LogP contribution in [0.5, 0.6) is 0 Å². The highest BCUT2D eigenvalue weighted by molar-refractivity contribution is 14.1. The number of fused-ring (bicyclic) bond motifs is 1.